The van der Waals surface area contributed by atoms with E-state index < -0.39 is 5.54 Å². The molecule has 0 radical (unpaired) electrons. The van der Waals surface area contributed by atoms with E-state index >= 15 is 0 Å². The van der Waals surface area contributed by atoms with E-state index in [4.69, 9.17) is 16.2 Å². The van der Waals surface area contributed by atoms with Crippen molar-refractivity contribution in [2.75, 3.05) is 12.8 Å². The van der Waals surface area contributed by atoms with Gasteiger partial charge in [0.15, 0.2) is 5.82 Å². The van der Waals surface area contributed by atoms with Crippen molar-refractivity contribution in [3.63, 3.8) is 0 Å². The van der Waals surface area contributed by atoms with Crippen molar-refractivity contribution < 1.29 is 14.3 Å². The van der Waals surface area contributed by atoms with Crippen LogP contribution in [0.1, 0.15) is 61.7 Å². The van der Waals surface area contributed by atoms with Crippen molar-refractivity contribution >= 4 is 23.1 Å². The third-order valence-electron chi connectivity index (χ3n) is 7.41. The highest BCUT2D eigenvalue weighted by Gasteiger charge is 2.38. The first kappa shape index (κ1) is 24.0. The number of nitrogens with zero attached hydrogens (tertiary/aromatic N) is 4. The fourth-order valence-corrected chi connectivity index (χ4v) is 5.33. The first-order valence-corrected chi connectivity index (χ1v) is 12.4. The molecule has 36 heavy (non-hydrogen) atoms. The summed E-state index contributed by atoms with van der Waals surface area (Å²) in [7, 11) is 1.55. The van der Waals surface area contributed by atoms with E-state index in [1.165, 1.54) is 6.33 Å². The van der Waals surface area contributed by atoms with Gasteiger partial charge >= 0.3 is 0 Å². The van der Waals surface area contributed by atoms with Gasteiger partial charge in [0.1, 0.15) is 11.8 Å². The molecule has 2 saturated carbocycles. The maximum Gasteiger partial charge on any atom is 0.253 e. The molecule has 2 amide bonds. The van der Waals surface area contributed by atoms with Gasteiger partial charge in [-0.15, -0.1) is 0 Å². The molecular weight excluding hydrogens is 460 g/mol. The Morgan fingerprint density at radius 3 is 2.47 bits per heavy atom. The highest BCUT2D eigenvalue weighted by Crippen LogP contribution is 2.30. The number of ether oxygens (including phenoxy) is 1. The van der Waals surface area contributed by atoms with Crippen LogP contribution in [0.25, 0.3) is 16.8 Å². The summed E-state index contributed by atoms with van der Waals surface area (Å²) in [5.41, 5.74) is 14.1. The predicted octanol–water partition coefficient (Wildman–Crippen LogP) is 1.81. The van der Waals surface area contributed by atoms with E-state index in [2.05, 4.69) is 25.7 Å². The molecule has 0 unspecified atom stereocenters. The molecule has 2 fully saturated rings. The molecule has 11 heteroatoms. The third kappa shape index (κ3) is 4.58. The molecule has 190 valence electrons. The molecular formula is C25H32N8O3. The fourth-order valence-electron chi connectivity index (χ4n) is 5.33. The van der Waals surface area contributed by atoms with E-state index in [0.717, 1.165) is 56.9 Å². The minimum Gasteiger partial charge on any atom is -0.481 e. The summed E-state index contributed by atoms with van der Waals surface area (Å²) in [6.45, 7) is 0. The zero-order valence-corrected chi connectivity index (χ0v) is 20.4. The number of nitrogens with one attached hydrogen (secondary N) is 2. The largest absolute Gasteiger partial charge is 0.481 e. The number of carbonyl (C=O) groups excluding carboxylic acids is 2. The number of hydrogen-bond acceptors (Lipinski definition) is 8. The zero-order valence-electron chi connectivity index (χ0n) is 20.4. The highest BCUT2D eigenvalue weighted by molar-refractivity contribution is 6.05. The molecule has 2 aliphatic rings. The van der Waals surface area contributed by atoms with Crippen LogP contribution < -0.4 is 26.8 Å². The second kappa shape index (κ2) is 9.73. The minimum atomic E-state index is -0.722. The number of pyridine rings is 1. The van der Waals surface area contributed by atoms with E-state index in [0.29, 0.717) is 22.7 Å². The van der Waals surface area contributed by atoms with Crippen LogP contribution >= 0.6 is 0 Å². The first-order chi connectivity index (χ1) is 17.4. The van der Waals surface area contributed by atoms with Crippen molar-refractivity contribution in [3.8, 4) is 17.1 Å². The van der Waals surface area contributed by atoms with Crippen molar-refractivity contribution in [2.24, 2.45) is 5.73 Å². The number of carbonyl (C=O) groups is 2. The van der Waals surface area contributed by atoms with Crippen LogP contribution in [0.15, 0.2) is 30.7 Å². The summed E-state index contributed by atoms with van der Waals surface area (Å²) in [6, 6.07) is 5.43. The number of aromatic nitrogens is 4. The Labute approximate surface area is 209 Å². The topological polar surface area (TPSA) is 163 Å². The molecule has 11 nitrogen and oxygen atoms in total. The predicted molar refractivity (Wildman–Crippen MR) is 134 cm³/mol. The van der Waals surface area contributed by atoms with E-state index in [1.54, 1.807) is 30.0 Å². The Kier molecular flexibility index (Phi) is 6.48. The third-order valence-corrected chi connectivity index (χ3v) is 7.41. The summed E-state index contributed by atoms with van der Waals surface area (Å²) >= 11 is 0. The number of anilines is 1. The molecule has 3 heterocycles. The molecule has 0 spiro atoms. The second-order valence-corrected chi connectivity index (χ2v) is 9.79. The van der Waals surface area contributed by atoms with E-state index in [-0.39, 0.29) is 29.7 Å². The molecule has 2 aliphatic carbocycles. The number of fused-ring (bicyclic) bond motifs is 1. The maximum absolute atomic E-state index is 13.4. The Bertz CT molecular complexity index is 1280. The number of methoxy groups -OCH3 is 1. The molecule has 5 rings (SSSR count). The lowest BCUT2D eigenvalue weighted by Crippen LogP contribution is -2.55. The minimum absolute atomic E-state index is 0.00533. The van der Waals surface area contributed by atoms with Gasteiger partial charge in [-0.2, -0.15) is 5.10 Å². The van der Waals surface area contributed by atoms with Crippen LogP contribution in [-0.4, -0.2) is 56.1 Å². The summed E-state index contributed by atoms with van der Waals surface area (Å²) in [5.74, 6) is 0.397. The molecule has 0 atom stereocenters. The van der Waals surface area contributed by atoms with E-state index in [9.17, 15) is 9.59 Å². The second-order valence-electron chi connectivity index (χ2n) is 9.79. The average molecular weight is 493 g/mol. The summed E-state index contributed by atoms with van der Waals surface area (Å²) in [6.07, 6.45) is 9.60. The zero-order chi connectivity index (χ0) is 25.3. The van der Waals surface area contributed by atoms with Gasteiger partial charge in [0.25, 0.3) is 5.91 Å². The van der Waals surface area contributed by atoms with Crippen LogP contribution in [0.4, 0.5) is 5.82 Å². The summed E-state index contributed by atoms with van der Waals surface area (Å²) in [5, 5.41) is 10.6. The standard InChI is InChI=1S/C25H32N8O3/c1-36-20-12-15(8-11-28-20)19-13-18(21-22(26)29-14-30-33(19)21)23(34)31-16-4-6-17(7-5-16)32-24(35)25(27)9-2-3-10-25/h8,11-14,16-17H,2-7,9-10,27H2,1H3,(H,31,34)(H,32,35)(H2,26,29,30). The summed E-state index contributed by atoms with van der Waals surface area (Å²) in [4.78, 5) is 34.3. The van der Waals surface area contributed by atoms with Gasteiger partial charge < -0.3 is 26.8 Å². The lowest BCUT2D eigenvalue weighted by atomic mass is 9.89. The molecule has 0 aromatic carbocycles. The number of rotatable bonds is 6. The van der Waals surface area contributed by atoms with Gasteiger partial charge in [0, 0.05) is 29.9 Å². The van der Waals surface area contributed by atoms with Crippen LogP contribution in [-0.2, 0) is 4.79 Å². The molecule has 3 aromatic heterocycles. The monoisotopic (exact) mass is 492 g/mol. The SMILES string of the molecule is COc1cc(-c2cc(C(=O)NC3CCC(NC(=O)C4(N)CCCC4)CC3)c3c(N)ncnn23)ccn1. The number of nitrogen functional groups attached to an aromatic ring is 1. The van der Waals surface area contributed by atoms with Gasteiger partial charge in [0.05, 0.1) is 23.9 Å². The smallest absolute Gasteiger partial charge is 0.253 e. The van der Waals surface area contributed by atoms with Gasteiger partial charge in [-0.3, -0.25) is 9.59 Å². The van der Waals surface area contributed by atoms with Crippen molar-refractivity contribution in [1.82, 2.24) is 30.2 Å². The normalized spacial score (nSPS) is 21.3. The van der Waals surface area contributed by atoms with Gasteiger partial charge in [-0.25, -0.2) is 14.5 Å². The number of hydrogen-bond donors (Lipinski definition) is 4. The summed E-state index contributed by atoms with van der Waals surface area (Å²) < 4.78 is 6.86. The van der Waals surface area contributed by atoms with Gasteiger partial charge in [-0.1, -0.05) is 12.8 Å². The Morgan fingerprint density at radius 2 is 1.78 bits per heavy atom. The quantitative estimate of drug-likeness (QED) is 0.405. The first-order valence-electron chi connectivity index (χ1n) is 12.4. The lowest BCUT2D eigenvalue weighted by molar-refractivity contribution is -0.127. The van der Waals surface area contributed by atoms with Crippen LogP contribution in [0, 0.1) is 0 Å². The Morgan fingerprint density at radius 1 is 1.08 bits per heavy atom. The highest BCUT2D eigenvalue weighted by atomic mass is 16.5. The molecule has 0 bridgehead atoms. The van der Waals surface area contributed by atoms with Crippen molar-refractivity contribution in [3.05, 3.63) is 36.3 Å². The molecule has 6 N–H and O–H groups in total. The maximum atomic E-state index is 13.4. The Hall–Kier alpha value is -3.73. The molecule has 3 aromatic rings. The Balaban J connectivity index is 1.29. The van der Waals surface area contributed by atoms with E-state index in [1.807, 2.05) is 6.07 Å². The lowest BCUT2D eigenvalue weighted by Gasteiger charge is -2.32. The fraction of sp³-hybridized carbons (Fsp3) is 0.480. The van der Waals surface area contributed by atoms with Crippen LogP contribution in [0.3, 0.4) is 0 Å². The number of amides is 2. The van der Waals surface area contributed by atoms with Crippen LogP contribution in [0.2, 0.25) is 0 Å². The number of nitrogens with two attached hydrogens (primary N) is 2. The molecule has 0 saturated heterocycles. The van der Waals surface area contributed by atoms with Gasteiger partial charge in [-0.05, 0) is 50.7 Å². The average Bonchev–Trinajstić information content (AvgIpc) is 3.51. The van der Waals surface area contributed by atoms with Crippen molar-refractivity contribution in [2.45, 2.75) is 69.0 Å². The molecule has 0 aliphatic heterocycles. The van der Waals surface area contributed by atoms with Crippen molar-refractivity contribution in [1.29, 1.82) is 0 Å². The van der Waals surface area contributed by atoms with Crippen LogP contribution in [0.5, 0.6) is 5.88 Å². The van der Waals surface area contributed by atoms with Gasteiger partial charge in [0.2, 0.25) is 11.8 Å².